The van der Waals surface area contributed by atoms with Gasteiger partial charge in [-0.05, 0) is 37.0 Å². The highest BCUT2D eigenvalue weighted by Gasteiger charge is 2.12. The molecular weight excluding hydrogens is 280 g/mol. The molecule has 0 heterocycles. The molecule has 1 aromatic carbocycles. The maximum absolute atomic E-state index is 10.5. The molecule has 5 heteroatoms. The lowest BCUT2D eigenvalue weighted by Gasteiger charge is -2.18. The molecule has 1 amide bonds. The van der Waals surface area contributed by atoms with E-state index in [1.54, 1.807) is 12.1 Å². The molecule has 1 rings (SSSR count). The summed E-state index contributed by atoms with van der Waals surface area (Å²) < 4.78 is 0. The van der Waals surface area contributed by atoms with E-state index in [2.05, 4.69) is 31.4 Å². The zero-order valence-electron chi connectivity index (χ0n) is 13.7. The molecule has 5 nitrogen and oxygen atoms in total. The van der Waals surface area contributed by atoms with Crippen LogP contribution in [0.4, 0.5) is 5.69 Å². The van der Waals surface area contributed by atoms with Crippen molar-refractivity contribution in [1.29, 1.82) is 0 Å². The molecule has 0 aliphatic carbocycles. The molecule has 0 saturated heterocycles. The number of carbonyl (C=O) groups is 1. The van der Waals surface area contributed by atoms with E-state index in [1.165, 1.54) is 18.9 Å². The van der Waals surface area contributed by atoms with Crippen molar-refractivity contribution in [3.05, 3.63) is 23.8 Å². The van der Waals surface area contributed by atoms with Gasteiger partial charge >= 0.3 is 0 Å². The van der Waals surface area contributed by atoms with E-state index < -0.39 is 6.10 Å². The minimum Gasteiger partial charge on any atom is -0.506 e. The normalized spacial score (nSPS) is 13.9. The molecule has 2 atom stereocenters. The second-order valence-corrected chi connectivity index (χ2v) is 6.19. The first-order valence-electron chi connectivity index (χ1n) is 7.88. The molecule has 0 bridgehead atoms. The summed E-state index contributed by atoms with van der Waals surface area (Å²) in [5.74, 6) is 0.705. The first kappa shape index (κ1) is 18.5. The Labute approximate surface area is 132 Å². The summed E-state index contributed by atoms with van der Waals surface area (Å²) >= 11 is 0. The summed E-state index contributed by atoms with van der Waals surface area (Å²) in [4.78, 5) is 10.5. The Bertz CT molecular complexity index is 463. The van der Waals surface area contributed by atoms with Gasteiger partial charge in [0.15, 0.2) is 0 Å². The van der Waals surface area contributed by atoms with Crippen LogP contribution in [-0.4, -0.2) is 29.2 Å². The van der Waals surface area contributed by atoms with Crippen LogP contribution in [0.3, 0.4) is 0 Å². The van der Waals surface area contributed by atoms with Crippen LogP contribution >= 0.6 is 0 Å². The maximum atomic E-state index is 10.5. The van der Waals surface area contributed by atoms with E-state index in [0.29, 0.717) is 30.2 Å². The van der Waals surface area contributed by atoms with E-state index in [4.69, 9.17) is 0 Å². The van der Waals surface area contributed by atoms with E-state index in [9.17, 15) is 15.0 Å². The highest BCUT2D eigenvalue weighted by atomic mass is 16.3. The van der Waals surface area contributed by atoms with E-state index in [1.807, 2.05) is 0 Å². The van der Waals surface area contributed by atoms with Gasteiger partial charge in [-0.25, -0.2) is 0 Å². The molecular formula is C17H28N2O3. The summed E-state index contributed by atoms with van der Waals surface area (Å²) in [6.07, 6.45) is 3.29. The number of rotatable bonds is 10. The first-order chi connectivity index (χ1) is 10.4. The van der Waals surface area contributed by atoms with Gasteiger partial charge in [0.25, 0.3) is 0 Å². The third-order valence-corrected chi connectivity index (χ3v) is 3.70. The molecule has 0 aliphatic heterocycles. The number of phenolic OH excluding ortho intramolecular Hbond substituents is 1. The summed E-state index contributed by atoms with van der Waals surface area (Å²) in [6, 6.07) is 5.05. The van der Waals surface area contributed by atoms with Gasteiger partial charge in [0.05, 0.1) is 11.8 Å². The fourth-order valence-corrected chi connectivity index (χ4v) is 2.31. The van der Waals surface area contributed by atoms with Crippen molar-refractivity contribution in [2.24, 2.45) is 5.92 Å². The lowest BCUT2D eigenvalue weighted by atomic mass is 10.0. The largest absolute Gasteiger partial charge is 0.506 e. The average Bonchev–Trinajstić information content (AvgIpc) is 2.47. The first-order valence-corrected chi connectivity index (χ1v) is 7.88. The number of amides is 1. The second-order valence-electron chi connectivity index (χ2n) is 6.19. The van der Waals surface area contributed by atoms with E-state index in [0.717, 1.165) is 12.3 Å². The SMILES string of the molecule is CC(C)CCC[C@@H](C)NC[C@H](O)c1ccc(O)c(NC=O)c1. The van der Waals surface area contributed by atoms with Gasteiger partial charge in [-0.1, -0.05) is 32.8 Å². The zero-order chi connectivity index (χ0) is 16.5. The standard InChI is InChI=1S/C17H28N2O3/c1-12(2)5-4-6-13(3)18-10-17(22)14-7-8-16(21)15(9-14)19-11-20/h7-9,11-13,17-18,21-22H,4-6,10H2,1-3H3,(H,19,20)/t13-,17+/m1/s1. The van der Waals surface area contributed by atoms with Gasteiger partial charge in [0.1, 0.15) is 5.75 Å². The Morgan fingerprint density at radius 3 is 2.59 bits per heavy atom. The number of anilines is 1. The lowest BCUT2D eigenvalue weighted by Crippen LogP contribution is -2.30. The van der Waals surface area contributed by atoms with Crippen molar-refractivity contribution >= 4 is 12.1 Å². The van der Waals surface area contributed by atoms with Crippen molar-refractivity contribution in [1.82, 2.24) is 5.32 Å². The third-order valence-electron chi connectivity index (χ3n) is 3.70. The maximum Gasteiger partial charge on any atom is 0.211 e. The number of aromatic hydroxyl groups is 1. The minimum atomic E-state index is -0.680. The van der Waals surface area contributed by atoms with Crippen LogP contribution in [-0.2, 0) is 4.79 Å². The van der Waals surface area contributed by atoms with Gasteiger partial charge in [0, 0.05) is 12.6 Å². The fourth-order valence-electron chi connectivity index (χ4n) is 2.31. The van der Waals surface area contributed by atoms with Crippen LogP contribution in [0.15, 0.2) is 18.2 Å². The van der Waals surface area contributed by atoms with Crippen molar-refractivity contribution in [3.8, 4) is 5.75 Å². The molecule has 0 saturated carbocycles. The quantitative estimate of drug-likeness (QED) is 0.396. The second kappa shape index (κ2) is 9.43. The molecule has 0 radical (unpaired) electrons. The highest BCUT2D eigenvalue weighted by molar-refractivity contribution is 5.75. The number of hydrogen-bond donors (Lipinski definition) is 4. The van der Waals surface area contributed by atoms with Crippen LogP contribution < -0.4 is 10.6 Å². The number of nitrogens with one attached hydrogen (secondary N) is 2. The molecule has 0 aliphatic rings. The predicted octanol–water partition coefficient (Wildman–Crippen LogP) is 2.80. The van der Waals surface area contributed by atoms with E-state index in [-0.39, 0.29) is 5.75 Å². The summed E-state index contributed by atoms with van der Waals surface area (Å²) in [5.41, 5.74) is 0.959. The zero-order valence-corrected chi connectivity index (χ0v) is 13.7. The van der Waals surface area contributed by atoms with Crippen molar-refractivity contribution in [2.45, 2.75) is 52.2 Å². The van der Waals surface area contributed by atoms with Crippen molar-refractivity contribution < 1.29 is 15.0 Å². The van der Waals surface area contributed by atoms with Crippen LogP contribution in [0.25, 0.3) is 0 Å². The Balaban J connectivity index is 2.46. The van der Waals surface area contributed by atoms with Crippen molar-refractivity contribution in [3.63, 3.8) is 0 Å². The fraction of sp³-hybridized carbons (Fsp3) is 0.588. The van der Waals surface area contributed by atoms with Gasteiger partial charge < -0.3 is 20.8 Å². The highest BCUT2D eigenvalue weighted by Crippen LogP contribution is 2.26. The third kappa shape index (κ3) is 6.45. The molecule has 124 valence electrons. The number of carbonyl (C=O) groups excluding carboxylic acids is 1. The summed E-state index contributed by atoms with van der Waals surface area (Å²) in [5, 5.41) is 25.5. The molecule has 4 N–H and O–H groups in total. The lowest BCUT2D eigenvalue weighted by molar-refractivity contribution is -0.105. The number of aliphatic hydroxyl groups is 1. The molecule has 0 spiro atoms. The van der Waals surface area contributed by atoms with Gasteiger partial charge in [-0.2, -0.15) is 0 Å². The molecule has 0 aromatic heterocycles. The Kier molecular flexibility index (Phi) is 7.91. The smallest absolute Gasteiger partial charge is 0.211 e. The van der Waals surface area contributed by atoms with Gasteiger partial charge in [0.2, 0.25) is 6.41 Å². The number of phenols is 1. The minimum absolute atomic E-state index is 0.0157. The summed E-state index contributed by atoms with van der Waals surface area (Å²) in [7, 11) is 0. The molecule has 0 fully saturated rings. The topological polar surface area (TPSA) is 81.6 Å². The Hall–Kier alpha value is -1.59. The monoisotopic (exact) mass is 308 g/mol. The van der Waals surface area contributed by atoms with Gasteiger partial charge in [-0.15, -0.1) is 0 Å². The van der Waals surface area contributed by atoms with Crippen LogP contribution in [0, 0.1) is 5.92 Å². The number of aliphatic hydroxyl groups excluding tert-OH is 1. The van der Waals surface area contributed by atoms with Gasteiger partial charge in [-0.3, -0.25) is 4.79 Å². The Morgan fingerprint density at radius 2 is 1.95 bits per heavy atom. The molecule has 0 unspecified atom stereocenters. The van der Waals surface area contributed by atoms with E-state index >= 15 is 0 Å². The van der Waals surface area contributed by atoms with Crippen molar-refractivity contribution in [2.75, 3.05) is 11.9 Å². The molecule has 1 aromatic rings. The van der Waals surface area contributed by atoms with Crippen LogP contribution in [0.1, 0.15) is 51.7 Å². The summed E-state index contributed by atoms with van der Waals surface area (Å²) in [6.45, 7) is 6.99. The Morgan fingerprint density at radius 1 is 1.23 bits per heavy atom. The average molecular weight is 308 g/mol. The predicted molar refractivity (Wildman–Crippen MR) is 88.9 cm³/mol. The molecule has 22 heavy (non-hydrogen) atoms. The number of benzene rings is 1. The van der Waals surface area contributed by atoms with Crippen LogP contribution in [0.5, 0.6) is 5.75 Å². The number of hydrogen-bond acceptors (Lipinski definition) is 4. The van der Waals surface area contributed by atoms with Crippen LogP contribution in [0.2, 0.25) is 0 Å².